The van der Waals surface area contributed by atoms with E-state index >= 15 is 0 Å². The molecule has 0 aliphatic carbocycles. The Morgan fingerprint density at radius 2 is 1.71 bits per heavy atom. The maximum absolute atomic E-state index is 4.56. The lowest BCUT2D eigenvalue weighted by Gasteiger charge is -2.10. The Balaban J connectivity index is 1.65. The lowest BCUT2D eigenvalue weighted by Crippen LogP contribution is -2.09. The first-order valence-electron chi connectivity index (χ1n) is 8.16. The first-order valence-corrected chi connectivity index (χ1v) is 8.16. The number of rotatable bonds is 6. The van der Waals surface area contributed by atoms with E-state index in [0.717, 1.165) is 30.2 Å². The quantitative estimate of drug-likeness (QED) is 0.703. The van der Waals surface area contributed by atoms with E-state index in [1.165, 1.54) is 11.1 Å². The minimum absolute atomic E-state index is 0.654. The summed E-state index contributed by atoms with van der Waals surface area (Å²) < 4.78 is 0. The van der Waals surface area contributed by atoms with Crippen LogP contribution in [-0.2, 0) is 6.42 Å². The Labute approximate surface area is 143 Å². The van der Waals surface area contributed by atoms with E-state index < -0.39 is 0 Å². The second-order valence-electron chi connectivity index (χ2n) is 5.88. The molecule has 0 aliphatic heterocycles. The van der Waals surface area contributed by atoms with Gasteiger partial charge in [0.1, 0.15) is 5.82 Å². The minimum Gasteiger partial charge on any atom is -0.354 e. The highest BCUT2D eigenvalue weighted by molar-refractivity contribution is 5.58. The summed E-state index contributed by atoms with van der Waals surface area (Å²) in [6.45, 7) is 4.86. The smallest absolute Gasteiger partial charge is 0.224 e. The van der Waals surface area contributed by atoms with Gasteiger partial charge in [-0.25, -0.2) is 4.98 Å². The highest BCUT2D eigenvalue weighted by Crippen LogP contribution is 2.17. The topological polar surface area (TPSA) is 49.8 Å². The van der Waals surface area contributed by atoms with Gasteiger partial charge in [-0.1, -0.05) is 42.5 Å². The van der Waals surface area contributed by atoms with Gasteiger partial charge in [-0.05, 0) is 43.5 Å². The molecule has 0 spiro atoms. The summed E-state index contributed by atoms with van der Waals surface area (Å²) in [6, 6.07) is 20.6. The summed E-state index contributed by atoms with van der Waals surface area (Å²) in [7, 11) is 0. The van der Waals surface area contributed by atoms with Gasteiger partial charge < -0.3 is 10.6 Å². The molecule has 2 N–H and O–H groups in total. The van der Waals surface area contributed by atoms with E-state index in [2.05, 4.69) is 63.9 Å². The second kappa shape index (κ2) is 7.59. The largest absolute Gasteiger partial charge is 0.354 e. The van der Waals surface area contributed by atoms with Gasteiger partial charge >= 0.3 is 0 Å². The van der Waals surface area contributed by atoms with Crippen molar-refractivity contribution in [1.29, 1.82) is 0 Å². The van der Waals surface area contributed by atoms with Gasteiger partial charge in [0.2, 0.25) is 5.95 Å². The number of aromatic nitrogens is 2. The predicted octanol–water partition coefficient (Wildman–Crippen LogP) is 4.49. The van der Waals surface area contributed by atoms with Crippen molar-refractivity contribution in [2.24, 2.45) is 0 Å². The molecule has 0 saturated heterocycles. The van der Waals surface area contributed by atoms with Crippen LogP contribution in [0.3, 0.4) is 0 Å². The fourth-order valence-electron chi connectivity index (χ4n) is 2.55. The third-order valence-corrected chi connectivity index (χ3v) is 3.68. The van der Waals surface area contributed by atoms with Gasteiger partial charge in [0.25, 0.3) is 0 Å². The lowest BCUT2D eigenvalue weighted by atomic mass is 10.1. The van der Waals surface area contributed by atoms with Crippen LogP contribution in [0.2, 0.25) is 0 Å². The molecule has 0 unspecified atom stereocenters. The van der Waals surface area contributed by atoms with E-state index in [-0.39, 0.29) is 0 Å². The molecule has 2 aromatic carbocycles. The summed E-state index contributed by atoms with van der Waals surface area (Å²) in [5.41, 5.74) is 4.48. The molecular formula is C20H22N4. The van der Waals surface area contributed by atoms with Crippen molar-refractivity contribution in [2.45, 2.75) is 20.3 Å². The molecule has 0 fully saturated rings. The molecule has 0 radical (unpaired) electrons. The molecule has 3 rings (SSSR count). The summed E-state index contributed by atoms with van der Waals surface area (Å²) in [6.07, 6.45) is 0.943. The number of hydrogen-bond donors (Lipinski definition) is 2. The molecular weight excluding hydrogens is 296 g/mol. The van der Waals surface area contributed by atoms with E-state index in [1.807, 2.05) is 31.2 Å². The fourth-order valence-corrected chi connectivity index (χ4v) is 2.55. The summed E-state index contributed by atoms with van der Waals surface area (Å²) >= 11 is 0. The molecule has 0 saturated carbocycles. The number of benzene rings is 2. The Kier molecular flexibility index (Phi) is 5.06. The van der Waals surface area contributed by atoms with Crippen molar-refractivity contribution in [3.8, 4) is 0 Å². The van der Waals surface area contributed by atoms with Gasteiger partial charge in [-0.2, -0.15) is 4.98 Å². The molecule has 4 heteroatoms. The van der Waals surface area contributed by atoms with Crippen molar-refractivity contribution in [3.05, 3.63) is 77.5 Å². The average molecular weight is 318 g/mol. The SMILES string of the molecule is Cc1cccc(Nc2cc(C)nc(NCCc3ccccc3)n2)c1. The van der Waals surface area contributed by atoms with Crippen LogP contribution in [0.5, 0.6) is 0 Å². The summed E-state index contributed by atoms with van der Waals surface area (Å²) in [4.78, 5) is 9.02. The van der Waals surface area contributed by atoms with Gasteiger partial charge in [0, 0.05) is 24.0 Å². The normalized spacial score (nSPS) is 10.4. The van der Waals surface area contributed by atoms with Crippen LogP contribution in [0, 0.1) is 13.8 Å². The number of nitrogens with one attached hydrogen (secondary N) is 2. The third kappa shape index (κ3) is 4.56. The standard InChI is InChI=1S/C20H22N4/c1-15-7-6-10-18(13-15)23-19-14-16(2)22-20(24-19)21-12-11-17-8-4-3-5-9-17/h3-10,13-14H,11-12H2,1-2H3,(H2,21,22,23,24). The van der Waals surface area contributed by atoms with Crippen LogP contribution in [0.4, 0.5) is 17.5 Å². The van der Waals surface area contributed by atoms with Crippen LogP contribution in [0.1, 0.15) is 16.8 Å². The Bertz CT molecular complexity index is 800. The van der Waals surface area contributed by atoms with Crippen molar-refractivity contribution in [1.82, 2.24) is 9.97 Å². The number of nitrogens with zero attached hydrogens (tertiary/aromatic N) is 2. The molecule has 3 aromatic rings. The zero-order chi connectivity index (χ0) is 16.8. The molecule has 1 heterocycles. The molecule has 0 bridgehead atoms. The van der Waals surface area contributed by atoms with Gasteiger partial charge in [-0.15, -0.1) is 0 Å². The van der Waals surface area contributed by atoms with Crippen LogP contribution < -0.4 is 10.6 Å². The van der Waals surface area contributed by atoms with Crippen LogP contribution in [0.15, 0.2) is 60.7 Å². The molecule has 4 nitrogen and oxygen atoms in total. The lowest BCUT2D eigenvalue weighted by molar-refractivity contribution is 0.976. The molecule has 122 valence electrons. The Hall–Kier alpha value is -2.88. The maximum atomic E-state index is 4.56. The van der Waals surface area contributed by atoms with Crippen LogP contribution in [-0.4, -0.2) is 16.5 Å². The second-order valence-corrected chi connectivity index (χ2v) is 5.88. The zero-order valence-corrected chi connectivity index (χ0v) is 14.1. The molecule has 0 atom stereocenters. The van der Waals surface area contributed by atoms with E-state index in [0.29, 0.717) is 5.95 Å². The maximum Gasteiger partial charge on any atom is 0.224 e. The van der Waals surface area contributed by atoms with Crippen molar-refractivity contribution in [2.75, 3.05) is 17.2 Å². The average Bonchev–Trinajstić information content (AvgIpc) is 2.55. The molecule has 0 amide bonds. The van der Waals surface area contributed by atoms with Crippen molar-refractivity contribution >= 4 is 17.5 Å². The zero-order valence-electron chi connectivity index (χ0n) is 14.1. The minimum atomic E-state index is 0.654. The number of aryl methyl sites for hydroxylation is 2. The first-order chi connectivity index (χ1) is 11.7. The monoisotopic (exact) mass is 318 g/mol. The van der Waals surface area contributed by atoms with Gasteiger partial charge in [0.15, 0.2) is 0 Å². The third-order valence-electron chi connectivity index (χ3n) is 3.68. The fraction of sp³-hybridized carbons (Fsp3) is 0.200. The highest BCUT2D eigenvalue weighted by atomic mass is 15.1. The number of anilines is 3. The van der Waals surface area contributed by atoms with Crippen molar-refractivity contribution in [3.63, 3.8) is 0 Å². The van der Waals surface area contributed by atoms with Crippen molar-refractivity contribution < 1.29 is 0 Å². The van der Waals surface area contributed by atoms with Crippen LogP contribution >= 0.6 is 0 Å². The molecule has 0 aliphatic rings. The highest BCUT2D eigenvalue weighted by Gasteiger charge is 2.03. The first kappa shape index (κ1) is 16.0. The summed E-state index contributed by atoms with van der Waals surface area (Å²) in [5, 5.41) is 6.65. The van der Waals surface area contributed by atoms with Gasteiger partial charge in [0.05, 0.1) is 0 Å². The van der Waals surface area contributed by atoms with E-state index in [4.69, 9.17) is 0 Å². The van der Waals surface area contributed by atoms with Gasteiger partial charge in [-0.3, -0.25) is 0 Å². The van der Waals surface area contributed by atoms with Crippen LogP contribution in [0.25, 0.3) is 0 Å². The van der Waals surface area contributed by atoms with E-state index in [1.54, 1.807) is 0 Å². The molecule has 24 heavy (non-hydrogen) atoms. The molecule has 1 aromatic heterocycles. The Morgan fingerprint density at radius 3 is 2.50 bits per heavy atom. The Morgan fingerprint density at radius 1 is 0.875 bits per heavy atom. The predicted molar refractivity (Wildman–Crippen MR) is 99.9 cm³/mol. The van der Waals surface area contributed by atoms with E-state index in [9.17, 15) is 0 Å². The number of hydrogen-bond acceptors (Lipinski definition) is 4. The summed E-state index contributed by atoms with van der Waals surface area (Å²) in [5.74, 6) is 1.45.